The van der Waals surface area contributed by atoms with Crippen molar-refractivity contribution in [3.63, 3.8) is 0 Å². The molecule has 4 nitrogen and oxygen atoms in total. The molecule has 0 heterocycles. The highest BCUT2D eigenvalue weighted by molar-refractivity contribution is 7.89. The van der Waals surface area contributed by atoms with E-state index in [0.29, 0.717) is 5.56 Å². The monoisotopic (exact) mass is 284 g/mol. The average Bonchev–Trinajstić information content (AvgIpc) is 2.32. The second-order valence-electron chi connectivity index (χ2n) is 4.53. The summed E-state index contributed by atoms with van der Waals surface area (Å²) < 4.78 is 39.5. The molecule has 0 aliphatic heterocycles. The summed E-state index contributed by atoms with van der Waals surface area (Å²) in [5, 5.41) is 8.60. The topological polar surface area (TPSA) is 61.2 Å². The van der Waals surface area contributed by atoms with Crippen LogP contribution in [0.25, 0.3) is 0 Å². The maximum atomic E-state index is 13.3. The van der Waals surface area contributed by atoms with Crippen LogP contribution < -0.4 is 0 Å². The molecule has 0 fully saturated rings. The molecular formula is C13H17FN2O2S. The van der Waals surface area contributed by atoms with Crippen molar-refractivity contribution in [2.45, 2.75) is 38.1 Å². The molecule has 0 N–H and O–H groups in total. The summed E-state index contributed by atoms with van der Waals surface area (Å²) in [6, 6.07) is 5.31. The molecule has 104 valence electrons. The minimum Gasteiger partial charge on any atom is -0.207 e. The lowest BCUT2D eigenvalue weighted by atomic mass is 10.2. The van der Waals surface area contributed by atoms with E-state index in [2.05, 4.69) is 0 Å². The van der Waals surface area contributed by atoms with Crippen molar-refractivity contribution in [1.29, 1.82) is 5.26 Å². The first-order valence-electron chi connectivity index (χ1n) is 5.95. The minimum atomic E-state index is -3.78. The molecule has 0 unspecified atom stereocenters. The summed E-state index contributed by atoms with van der Waals surface area (Å²) in [4.78, 5) is -0.0425. The van der Waals surface area contributed by atoms with Crippen molar-refractivity contribution >= 4 is 10.0 Å². The van der Waals surface area contributed by atoms with Crippen LogP contribution in [0.4, 0.5) is 4.39 Å². The van der Waals surface area contributed by atoms with Crippen molar-refractivity contribution in [2.24, 2.45) is 0 Å². The lowest BCUT2D eigenvalue weighted by Crippen LogP contribution is -2.38. The van der Waals surface area contributed by atoms with Crippen LogP contribution in [0.5, 0.6) is 0 Å². The second kappa shape index (κ2) is 6.13. The zero-order chi connectivity index (χ0) is 14.6. The van der Waals surface area contributed by atoms with Crippen LogP contribution in [0.3, 0.4) is 0 Å². The molecule has 0 bridgehead atoms. The van der Waals surface area contributed by atoms with Crippen LogP contribution >= 0.6 is 0 Å². The Bertz CT molecular complexity index is 591. The van der Waals surface area contributed by atoms with Crippen molar-refractivity contribution in [3.8, 4) is 6.07 Å². The van der Waals surface area contributed by atoms with E-state index in [0.717, 1.165) is 6.07 Å². The van der Waals surface area contributed by atoms with Crippen molar-refractivity contribution in [3.05, 3.63) is 29.6 Å². The Labute approximate surface area is 113 Å². The summed E-state index contributed by atoms with van der Waals surface area (Å²) >= 11 is 0. The number of aryl methyl sites for hydroxylation is 1. The molecule has 0 amide bonds. The zero-order valence-corrected chi connectivity index (χ0v) is 12.0. The van der Waals surface area contributed by atoms with Gasteiger partial charge in [-0.2, -0.15) is 9.57 Å². The maximum Gasteiger partial charge on any atom is 0.243 e. The quantitative estimate of drug-likeness (QED) is 0.834. The molecule has 0 saturated carbocycles. The molecule has 0 saturated heterocycles. The van der Waals surface area contributed by atoms with Gasteiger partial charge in [0.05, 0.1) is 11.0 Å². The molecule has 0 aliphatic carbocycles. The molecule has 1 aromatic carbocycles. The van der Waals surface area contributed by atoms with Crippen LogP contribution in [0, 0.1) is 24.1 Å². The van der Waals surface area contributed by atoms with Crippen molar-refractivity contribution in [1.82, 2.24) is 4.31 Å². The number of rotatable bonds is 5. The van der Waals surface area contributed by atoms with Crippen LogP contribution in [0.2, 0.25) is 0 Å². The van der Waals surface area contributed by atoms with E-state index in [9.17, 15) is 12.8 Å². The van der Waals surface area contributed by atoms with E-state index in [1.54, 1.807) is 20.8 Å². The Morgan fingerprint density at radius 1 is 1.42 bits per heavy atom. The predicted molar refractivity (Wildman–Crippen MR) is 70.4 cm³/mol. The highest BCUT2D eigenvalue weighted by Crippen LogP contribution is 2.22. The lowest BCUT2D eigenvalue weighted by Gasteiger charge is -2.25. The molecule has 6 heteroatoms. The summed E-state index contributed by atoms with van der Waals surface area (Å²) in [5.41, 5.74) is 0.490. The fourth-order valence-electron chi connectivity index (χ4n) is 1.79. The first-order chi connectivity index (χ1) is 8.80. The van der Waals surface area contributed by atoms with Gasteiger partial charge in [-0.05, 0) is 38.5 Å². The smallest absolute Gasteiger partial charge is 0.207 e. The van der Waals surface area contributed by atoms with Gasteiger partial charge in [0.2, 0.25) is 10.0 Å². The van der Waals surface area contributed by atoms with Gasteiger partial charge in [-0.3, -0.25) is 0 Å². The first-order valence-corrected chi connectivity index (χ1v) is 7.39. The second-order valence-corrected chi connectivity index (χ2v) is 6.39. The summed E-state index contributed by atoms with van der Waals surface area (Å²) in [5.74, 6) is -0.590. The van der Waals surface area contributed by atoms with E-state index in [1.165, 1.54) is 16.4 Å². The van der Waals surface area contributed by atoms with Crippen LogP contribution in [-0.4, -0.2) is 25.3 Å². The summed E-state index contributed by atoms with van der Waals surface area (Å²) in [6.45, 7) is 5.18. The lowest BCUT2D eigenvalue weighted by molar-refractivity contribution is 0.360. The molecule has 0 spiro atoms. The van der Waals surface area contributed by atoms with Gasteiger partial charge >= 0.3 is 0 Å². The minimum absolute atomic E-state index is 0.0425. The number of halogens is 1. The first kappa shape index (κ1) is 15.6. The van der Waals surface area contributed by atoms with Gasteiger partial charge in [0, 0.05) is 19.0 Å². The van der Waals surface area contributed by atoms with Gasteiger partial charge in [0.25, 0.3) is 0 Å². The third-order valence-electron chi connectivity index (χ3n) is 2.76. The van der Waals surface area contributed by atoms with E-state index in [4.69, 9.17) is 5.26 Å². The number of hydrogen-bond acceptors (Lipinski definition) is 3. The Morgan fingerprint density at radius 3 is 2.58 bits per heavy atom. The fourth-order valence-corrected chi connectivity index (χ4v) is 3.67. The number of sulfonamides is 1. The highest BCUT2D eigenvalue weighted by atomic mass is 32.2. The Balaban J connectivity index is 3.27. The summed E-state index contributed by atoms with van der Waals surface area (Å²) in [6.07, 6.45) is 0.103. The van der Waals surface area contributed by atoms with Gasteiger partial charge in [-0.15, -0.1) is 0 Å². The fraction of sp³-hybridized carbons (Fsp3) is 0.462. The number of benzene rings is 1. The van der Waals surface area contributed by atoms with Crippen LogP contribution in [-0.2, 0) is 10.0 Å². The average molecular weight is 284 g/mol. The summed E-state index contributed by atoms with van der Waals surface area (Å²) in [7, 11) is -3.78. The normalized spacial score (nSPS) is 11.8. The molecule has 0 radical (unpaired) electrons. The Morgan fingerprint density at radius 2 is 2.05 bits per heavy atom. The standard InChI is InChI=1S/C13H17FN2O2S/c1-10(2)16(8-4-7-15)19(17,18)13-9-12(14)6-5-11(13)3/h5-6,9-10H,4,8H2,1-3H3. The Hall–Kier alpha value is -1.45. The van der Waals surface area contributed by atoms with E-state index >= 15 is 0 Å². The maximum absolute atomic E-state index is 13.3. The molecular weight excluding hydrogens is 267 g/mol. The highest BCUT2D eigenvalue weighted by Gasteiger charge is 2.28. The molecule has 0 aromatic heterocycles. The SMILES string of the molecule is Cc1ccc(F)cc1S(=O)(=O)N(CCC#N)C(C)C. The number of nitrogens with zero attached hydrogens (tertiary/aromatic N) is 2. The third kappa shape index (κ3) is 3.52. The van der Waals surface area contributed by atoms with Crippen LogP contribution in [0.15, 0.2) is 23.1 Å². The molecule has 19 heavy (non-hydrogen) atoms. The molecule has 1 rings (SSSR count). The molecule has 0 atom stereocenters. The predicted octanol–water partition coefficient (Wildman–Crippen LogP) is 2.45. The van der Waals surface area contributed by atoms with Gasteiger partial charge in [-0.1, -0.05) is 6.07 Å². The van der Waals surface area contributed by atoms with Gasteiger partial charge in [-0.25, -0.2) is 12.8 Å². The van der Waals surface area contributed by atoms with Gasteiger partial charge in [0.15, 0.2) is 0 Å². The molecule has 0 aliphatic rings. The third-order valence-corrected chi connectivity index (χ3v) is 4.97. The van der Waals surface area contributed by atoms with Crippen LogP contribution in [0.1, 0.15) is 25.8 Å². The van der Waals surface area contributed by atoms with E-state index in [1.807, 2.05) is 6.07 Å². The van der Waals surface area contributed by atoms with E-state index in [-0.39, 0.29) is 23.9 Å². The molecule has 1 aromatic rings. The van der Waals surface area contributed by atoms with Crippen molar-refractivity contribution < 1.29 is 12.8 Å². The number of nitriles is 1. The zero-order valence-electron chi connectivity index (χ0n) is 11.2. The largest absolute Gasteiger partial charge is 0.243 e. The van der Waals surface area contributed by atoms with Gasteiger partial charge in [0.1, 0.15) is 5.82 Å². The van der Waals surface area contributed by atoms with Gasteiger partial charge < -0.3 is 0 Å². The Kier molecular flexibility index (Phi) is 5.04. The number of hydrogen-bond donors (Lipinski definition) is 0. The van der Waals surface area contributed by atoms with Crippen molar-refractivity contribution in [2.75, 3.05) is 6.54 Å². The van der Waals surface area contributed by atoms with E-state index < -0.39 is 15.8 Å².